The maximum Gasteiger partial charge on any atom is 0.253 e. The molecule has 0 aliphatic carbocycles. The molecule has 1 amide bonds. The molecule has 2 aromatic carbocycles. The molecule has 0 saturated carbocycles. The SMILES string of the molecule is O=C(c1ccc(F)cc1)N1CCC[C@H](c2nccnc2-c2ccccc2F)C1. The number of benzene rings is 2. The van der Waals surface area contributed by atoms with Gasteiger partial charge in [0.15, 0.2) is 0 Å². The smallest absolute Gasteiger partial charge is 0.253 e. The summed E-state index contributed by atoms with van der Waals surface area (Å²) >= 11 is 0. The van der Waals surface area contributed by atoms with E-state index in [1.165, 1.54) is 30.3 Å². The lowest BCUT2D eigenvalue weighted by Gasteiger charge is -2.33. The zero-order chi connectivity index (χ0) is 19.5. The Hall–Kier alpha value is -3.15. The van der Waals surface area contributed by atoms with Crippen LogP contribution in [-0.4, -0.2) is 33.9 Å². The summed E-state index contributed by atoms with van der Waals surface area (Å²) in [6.07, 6.45) is 4.80. The molecule has 1 aliphatic rings. The Kier molecular flexibility index (Phi) is 5.10. The number of carbonyl (C=O) groups excluding carboxylic acids is 1. The van der Waals surface area contributed by atoms with E-state index in [2.05, 4.69) is 9.97 Å². The molecule has 142 valence electrons. The van der Waals surface area contributed by atoms with Crippen molar-refractivity contribution in [1.82, 2.24) is 14.9 Å². The highest BCUT2D eigenvalue weighted by atomic mass is 19.1. The zero-order valence-corrected chi connectivity index (χ0v) is 15.2. The lowest BCUT2D eigenvalue weighted by atomic mass is 9.91. The Morgan fingerprint density at radius 3 is 2.54 bits per heavy atom. The summed E-state index contributed by atoms with van der Waals surface area (Å²) < 4.78 is 27.5. The summed E-state index contributed by atoms with van der Waals surface area (Å²) in [5.41, 5.74) is 2.08. The summed E-state index contributed by atoms with van der Waals surface area (Å²) in [6, 6.07) is 12.1. The molecule has 0 radical (unpaired) electrons. The van der Waals surface area contributed by atoms with E-state index in [0.717, 1.165) is 12.8 Å². The molecule has 1 aliphatic heterocycles. The number of amides is 1. The minimum atomic E-state index is -0.373. The van der Waals surface area contributed by atoms with E-state index in [9.17, 15) is 13.6 Å². The quantitative estimate of drug-likeness (QED) is 0.676. The first-order valence-electron chi connectivity index (χ1n) is 9.24. The van der Waals surface area contributed by atoms with Crippen molar-refractivity contribution in [2.24, 2.45) is 0 Å². The molecule has 1 atom stereocenters. The molecule has 0 bridgehead atoms. The molecule has 1 aromatic heterocycles. The molecular formula is C22H19F2N3O. The number of carbonyl (C=O) groups is 1. The van der Waals surface area contributed by atoms with Gasteiger partial charge in [-0.05, 0) is 49.2 Å². The molecule has 0 spiro atoms. The van der Waals surface area contributed by atoms with Crippen molar-refractivity contribution in [3.63, 3.8) is 0 Å². The van der Waals surface area contributed by atoms with Crippen LogP contribution in [0.25, 0.3) is 11.3 Å². The third-order valence-corrected chi connectivity index (χ3v) is 5.04. The second-order valence-electron chi connectivity index (χ2n) is 6.87. The van der Waals surface area contributed by atoms with Crippen molar-refractivity contribution in [3.05, 3.63) is 83.8 Å². The molecular weight excluding hydrogens is 360 g/mol. The monoisotopic (exact) mass is 379 g/mol. The van der Waals surface area contributed by atoms with Gasteiger partial charge in [0.05, 0.1) is 11.4 Å². The minimum Gasteiger partial charge on any atom is -0.338 e. The summed E-state index contributed by atoms with van der Waals surface area (Å²) in [5.74, 6) is -0.899. The Morgan fingerprint density at radius 1 is 1.00 bits per heavy atom. The lowest BCUT2D eigenvalue weighted by Crippen LogP contribution is -2.39. The van der Waals surface area contributed by atoms with Gasteiger partial charge in [0.1, 0.15) is 11.6 Å². The van der Waals surface area contributed by atoms with Gasteiger partial charge in [-0.2, -0.15) is 0 Å². The molecule has 6 heteroatoms. The van der Waals surface area contributed by atoms with Crippen LogP contribution in [0, 0.1) is 11.6 Å². The third-order valence-electron chi connectivity index (χ3n) is 5.04. The number of piperidine rings is 1. The van der Waals surface area contributed by atoms with Crippen molar-refractivity contribution < 1.29 is 13.6 Å². The first-order chi connectivity index (χ1) is 13.6. The van der Waals surface area contributed by atoms with Crippen LogP contribution in [-0.2, 0) is 0 Å². The fourth-order valence-electron chi connectivity index (χ4n) is 3.67. The van der Waals surface area contributed by atoms with Crippen LogP contribution in [0.2, 0.25) is 0 Å². The highest BCUT2D eigenvalue weighted by Crippen LogP contribution is 2.33. The predicted octanol–water partition coefficient (Wildman–Crippen LogP) is 4.44. The van der Waals surface area contributed by atoms with Crippen LogP contribution in [0.5, 0.6) is 0 Å². The molecule has 0 unspecified atom stereocenters. The number of aromatic nitrogens is 2. The van der Waals surface area contributed by atoms with Gasteiger partial charge in [-0.3, -0.25) is 14.8 Å². The van der Waals surface area contributed by atoms with Gasteiger partial charge < -0.3 is 4.90 Å². The van der Waals surface area contributed by atoms with Crippen molar-refractivity contribution >= 4 is 5.91 Å². The number of hydrogen-bond donors (Lipinski definition) is 0. The van der Waals surface area contributed by atoms with Crippen LogP contribution in [0.1, 0.15) is 34.8 Å². The van der Waals surface area contributed by atoms with Crippen molar-refractivity contribution in [3.8, 4) is 11.3 Å². The largest absolute Gasteiger partial charge is 0.338 e. The van der Waals surface area contributed by atoms with E-state index in [0.29, 0.717) is 35.6 Å². The van der Waals surface area contributed by atoms with Crippen LogP contribution < -0.4 is 0 Å². The average Bonchev–Trinajstić information content (AvgIpc) is 2.74. The maximum atomic E-state index is 14.3. The maximum absolute atomic E-state index is 14.3. The van der Waals surface area contributed by atoms with E-state index in [-0.39, 0.29) is 23.5 Å². The van der Waals surface area contributed by atoms with Gasteiger partial charge in [-0.15, -0.1) is 0 Å². The number of nitrogens with zero attached hydrogens (tertiary/aromatic N) is 3. The van der Waals surface area contributed by atoms with Gasteiger partial charge in [0.2, 0.25) is 0 Å². The molecule has 4 rings (SSSR count). The van der Waals surface area contributed by atoms with Crippen LogP contribution >= 0.6 is 0 Å². The first-order valence-corrected chi connectivity index (χ1v) is 9.24. The Balaban J connectivity index is 1.61. The van der Waals surface area contributed by atoms with E-state index in [1.54, 1.807) is 35.5 Å². The number of hydrogen-bond acceptors (Lipinski definition) is 3. The number of halogens is 2. The molecule has 28 heavy (non-hydrogen) atoms. The first kappa shape index (κ1) is 18.2. The Bertz CT molecular complexity index is 991. The van der Waals surface area contributed by atoms with Crippen LogP contribution in [0.3, 0.4) is 0 Å². The van der Waals surface area contributed by atoms with Gasteiger partial charge in [0.25, 0.3) is 5.91 Å². The fourth-order valence-corrected chi connectivity index (χ4v) is 3.67. The second kappa shape index (κ2) is 7.84. The molecule has 4 nitrogen and oxygen atoms in total. The summed E-state index contributed by atoms with van der Waals surface area (Å²) in [6.45, 7) is 1.10. The highest BCUT2D eigenvalue weighted by Gasteiger charge is 2.29. The van der Waals surface area contributed by atoms with E-state index >= 15 is 0 Å². The fraction of sp³-hybridized carbons (Fsp3) is 0.227. The molecule has 2 heterocycles. The standard InChI is InChI=1S/C22H19F2N3O/c23-17-9-7-15(8-10-17)22(28)27-13-3-4-16(14-27)20-21(26-12-11-25-20)18-5-1-2-6-19(18)24/h1-2,5-12,16H,3-4,13-14H2/t16-/m0/s1. The Labute approximate surface area is 161 Å². The van der Waals surface area contributed by atoms with Gasteiger partial charge in [-0.25, -0.2) is 8.78 Å². The van der Waals surface area contributed by atoms with Crippen molar-refractivity contribution in [2.75, 3.05) is 13.1 Å². The lowest BCUT2D eigenvalue weighted by molar-refractivity contribution is 0.0706. The van der Waals surface area contributed by atoms with Crippen LogP contribution in [0.15, 0.2) is 60.9 Å². The van der Waals surface area contributed by atoms with E-state index in [1.807, 2.05) is 0 Å². The van der Waals surface area contributed by atoms with Crippen LogP contribution in [0.4, 0.5) is 8.78 Å². The summed E-state index contributed by atoms with van der Waals surface area (Å²) in [4.78, 5) is 23.4. The summed E-state index contributed by atoms with van der Waals surface area (Å²) in [5, 5.41) is 0. The molecule has 0 N–H and O–H groups in total. The summed E-state index contributed by atoms with van der Waals surface area (Å²) in [7, 11) is 0. The molecule has 1 fully saturated rings. The van der Waals surface area contributed by atoms with Gasteiger partial charge in [-0.1, -0.05) is 12.1 Å². The predicted molar refractivity (Wildman–Crippen MR) is 102 cm³/mol. The van der Waals surface area contributed by atoms with E-state index < -0.39 is 0 Å². The van der Waals surface area contributed by atoms with Gasteiger partial charge >= 0.3 is 0 Å². The zero-order valence-electron chi connectivity index (χ0n) is 15.2. The minimum absolute atomic E-state index is 0.0403. The molecule has 3 aromatic rings. The molecule has 1 saturated heterocycles. The number of rotatable bonds is 3. The highest BCUT2D eigenvalue weighted by molar-refractivity contribution is 5.94. The second-order valence-corrected chi connectivity index (χ2v) is 6.87. The van der Waals surface area contributed by atoms with Crippen molar-refractivity contribution in [2.45, 2.75) is 18.8 Å². The van der Waals surface area contributed by atoms with Crippen molar-refractivity contribution in [1.29, 1.82) is 0 Å². The third kappa shape index (κ3) is 3.63. The Morgan fingerprint density at radius 2 is 1.75 bits per heavy atom. The van der Waals surface area contributed by atoms with E-state index in [4.69, 9.17) is 0 Å². The topological polar surface area (TPSA) is 46.1 Å². The average molecular weight is 379 g/mol. The van der Waals surface area contributed by atoms with Gasteiger partial charge in [0, 0.05) is 42.5 Å². The normalized spacial score (nSPS) is 16.8. The number of likely N-dealkylation sites (tertiary alicyclic amines) is 1.